The molecule has 0 amide bonds. The van der Waals surface area contributed by atoms with Crippen molar-refractivity contribution in [2.24, 2.45) is 17.8 Å². The highest BCUT2D eigenvalue weighted by molar-refractivity contribution is 5.87. The van der Waals surface area contributed by atoms with Gasteiger partial charge in [0, 0.05) is 12.3 Å². The van der Waals surface area contributed by atoms with E-state index in [1.165, 1.54) is 5.56 Å². The average molecular weight is 298 g/mol. The molecule has 0 radical (unpaired) electrons. The SMILES string of the molecule is O=C1C[C@@H]2[C@@H](C#C[C@@H](O)CCc3ccccc3)[C@H](O)CC[C@H]12. The number of fused-ring (bicyclic) bond motifs is 1. The number of Topliss-reactive ketones (excluding diaryl/α,β-unsaturated/α-hetero) is 1. The zero-order valence-electron chi connectivity index (χ0n) is 12.6. The molecular weight excluding hydrogens is 276 g/mol. The Hall–Kier alpha value is -1.63. The highest BCUT2D eigenvalue weighted by Crippen LogP contribution is 2.45. The van der Waals surface area contributed by atoms with Crippen molar-refractivity contribution in [3.05, 3.63) is 35.9 Å². The lowest BCUT2D eigenvalue weighted by molar-refractivity contribution is -0.141. The van der Waals surface area contributed by atoms with Crippen LogP contribution in [0.25, 0.3) is 0 Å². The topological polar surface area (TPSA) is 57.5 Å². The molecule has 0 bridgehead atoms. The molecule has 0 aliphatic heterocycles. The summed E-state index contributed by atoms with van der Waals surface area (Å²) in [6.45, 7) is 0. The summed E-state index contributed by atoms with van der Waals surface area (Å²) in [5.41, 5.74) is 1.19. The summed E-state index contributed by atoms with van der Waals surface area (Å²) in [5.74, 6) is 6.41. The molecule has 2 fully saturated rings. The van der Waals surface area contributed by atoms with E-state index in [0.717, 1.165) is 12.8 Å². The first-order valence-corrected chi connectivity index (χ1v) is 8.09. The van der Waals surface area contributed by atoms with Crippen LogP contribution >= 0.6 is 0 Å². The van der Waals surface area contributed by atoms with Crippen molar-refractivity contribution in [2.45, 2.75) is 44.3 Å². The van der Waals surface area contributed by atoms with Crippen LogP contribution in [-0.2, 0) is 11.2 Å². The molecule has 0 aromatic heterocycles. The summed E-state index contributed by atoms with van der Waals surface area (Å²) < 4.78 is 0. The third-order valence-electron chi connectivity index (χ3n) is 4.98. The van der Waals surface area contributed by atoms with E-state index in [0.29, 0.717) is 25.0 Å². The number of hydrogen-bond acceptors (Lipinski definition) is 3. The van der Waals surface area contributed by atoms with Crippen LogP contribution in [-0.4, -0.2) is 28.2 Å². The van der Waals surface area contributed by atoms with Gasteiger partial charge in [-0.05, 0) is 37.2 Å². The van der Waals surface area contributed by atoms with Crippen LogP contribution in [0, 0.1) is 29.6 Å². The maximum atomic E-state index is 11.5. The van der Waals surface area contributed by atoms with Crippen molar-refractivity contribution in [1.82, 2.24) is 0 Å². The van der Waals surface area contributed by atoms with E-state index in [4.69, 9.17) is 0 Å². The van der Waals surface area contributed by atoms with Gasteiger partial charge in [0.2, 0.25) is 0 Å². The quantitative estimate of drug-likeness (QED) is 0.839. The van der Waals surface area contributed by atoms with Gasteiger partial charge in [0.15, 0.2) is 0 Å². The van der Waals surface area contributed by atoms with Gasteiger partial charge in [0.1, 0.15) is 11.9 Å². The Balaban J connectivity index is 1.56. The van der Waals surface area contributed by atoms with Gasteiger partial charge in [-0.3, -0.25) is 4.79 Å². The van der Waals surface area contributed by atoms with Crippen molar-refractivity contribution in [1.29, 1.82) is 0 Å². The fourth-order valence-electron chi connectivity index (χ4n) is 3.59. The smallest absolute Gasteiger partial charge is 0.136 e. The van der Waals surface area contributed by atoms with E-state index in [9.17, 15) is 15.0 Å². The number of carbonyl (C=O) groups is 1. The van der Waals surface area contributed by atoms with E-state index in [2.05, 4.69) is 11.8 Å². The van der Waals surface area contributed by atoms with E-state index in [-0.39, 0.29) is 17.8 Å². The molecule has 0 saturated heterocycles. The zero-order chi connectivity index (χ0) is 15.5. The van der Waals surface area contributed by atoms with Crippen LogP contribution in [0.3, 0.4) is 0 Å². The van der Waals surface area contributed by atoms with Crippen LogP contribution in [0.4, 0.5) is 0 Å². The molecule has 2 aliphatic carbocycles. The monoisotopic (exact) mass is 298 g/mol. The number of aliphatic hydroxyl groups excluding tert-OH is 2. The Labute approximate surface area is 131 Å². The lowest BCUT2D eigenvalue weighted by atomic mass is 9.59. The second-order valence-corrected chi connectivity index (χ2v) is 6.44. The van der Waals surface area contributed by atoms with Crippen molar-refractivity contribution in [3.8, 4) is 11.8 Å². The number of aryl methyl sites for hydroxylation is 1. The lowest BCUT2D eigenvalue weighted by Gasteiger charge is -2.44. The van der Waals surface area contributed by atoms with Gasteiger partial charge in [-0.15, -0.1) is 0 Å². The summed E-state index contributed by atoms with van der Waals surface area (Å²) in [6.07, 6.45) is 2.22. The normalized spacial score (nSPS) is 31.5. The lowest BCUT2D eigenvalue weighted by Crippen LogP contribution is -2.49. The molecule has 3 rings (SSSR count). The molecule has 5 atom stereocenters. The minimum Gasteiger partial charge on any atom is -0.392 e. The second kappa shape index (κ2) is 6.64. The third-order valence-corrected chi connectivity index (χ3v) is 4.98. The Morgan fingerprint density at radius 3 is 2.73 bits per heavy atom. The minimum atomic E-state index is -0.677. The van der Waals surface area contributed by atoms with Crippen molar-refractivity contribution in [3.63, 3.8) is 0 Å². The Morgan fingerprint density at radius 2 is 2.00 bits per heavy atom. The number of rotatable bonds is 3. The maximum absolute atomic E-state index is 11.5. The number of hydrogen-bond donors (Lipinski definition) is 2. The summed E-state index contributed by atoms with van der Waals surface area (Å²) >= 11 is 0. The third kappa shape index (κ3) is 3.24. The van der Waals surface area contributed by atoms with Gasteiger partial charge in [-0.1, -0.05) is 42.2 Å². The van der Waals surface area contributed by atoms with E-state index in [1.54, 1.807) is 0 Å². The summed E-state index contributed by atoms with van der Waals surface area (Å²) in [6, 6.07) is 10.0. The fourth-order valence-corrected chi connectivity index (χ4v) is 3.59. The predicted molar refractivity (Wildman–Crippen MR) is 83.9 cm³/mol. The average Bonchev–Trinajstić information content (AvgIpc) is 2.52. The van der Waals surface area contributed by atoms with Gasteiger partial charge in [0.25, 0.3) is 0 Å². The van der Waals surface area contributed by atoms with Crippen LogP contribution in [0.15, 0.2) is 30.3 Å². The van der Waals surface area contributed by atoms with Gasteiger partial charge >= 0.3 is 0 Å². The molecule has 2 N–H and O–H groups in total. The minimum absolute atomic E-state index is 0.101. The first-order chi connectivity index (χ1) is 10.6. The first-order valence-electron chi connectivity index (χ1n) is 8.09. The predicted octanol–water partition coefficient (Wildman–Crippen LogP) is 1.96. The van der Waals surface area contributed by atoms with Crippen LogP contribution in [0.1, 0.15) is 31.2 Å². The molecule has 3 nitrogen and oxygen atoms in total. The molecule has 116 valence electrons. The van der Waals surface area contributed by atoms with Gasteiger partial charge in [0.05, 0.1) is 12.0 Å². The molecule has 2 aliphatic rings. The molecule has 3 heteroatoms. The molecule has 0 heterocycles. The number of ketones is 1. The highest BCUT2D eigenvalue weighted by atomic mass is 16.3. The number of carbonyl (C=O) groups excluding carboxylic acids is 1. The Bertz CT molecular complexity index is 584. The van der Waals surface area contributed by atoms with Gasteiger partial charge in [-0.25, -0.2) is 0 Å². The summed E-state index contributed by atoms with van der Waals surface area (Å²) in [7, 11) is 0. The standard InChI is InChI=1S/C19H22O3/c20-14(7-6-13-4-2-1-3-5-13)8-9-15-17-12-19(22)16(17)10-11-18(15)21/h1-5,14-18,20-21H,6-7,10-12H2/t14-,15+,16-,17+,18+/m0/s1. The molecule has 1 aromatic rings. The molecule has 2 saturated carbocycles. The Kier molecular flexibility index (Phi) is 4.61. The fraction of sp³-hybridized carbons (Fsp3) is 0.526. The number of aliphatic hydroxyl groups is 2. The number of benzene rings is 1. The van der Waals surface area contributed by atoms with Crippen molar-refractivity contribution in [2.75, 3.05) is 0 Å². The highest BCUT2D eigenvalue weighted by Gasteiger charge is 2.48. The zero-order valence-corrected chi connectivity index (χ0v) is 12.6. The van der Waals surface area contributed by atoms with Gasteiger partial charge < -0.3 is 10.2 Å². The van der Waals surface area contributed by atoms with Crippen molar-refractivity contribution < 1.29 is 15.0 Å². The van der Waals surface area contributed by atoms with Gasteiger partial charge in [-0.2, -0.15) is 0 Å². The first kappa shape index (κ1) is 15.3. The second-order valence-electron chi connectivity index (χ2n) is 6.44. The van der Waals surface area contributed by atoms with E-state index in [1.807, 2.05) is 30.3 Å². The van der Waals surface area contributed by atoms with Crippen molar-refractivity contribution >= 4 is 5.78 Å². The summed E-state index contributed by atoms with van der Waals surface area (Å²) in [4.78, 5) is 11.5. The maximum Gasteiger partial charge on any atom is 0.136 e. The molecule has 22 heavy (non-hydrogen) atoms. The molecule has 0 unspecified atom stereocenters. The van der Waals surface area contributed by atoms with Crippen LogP contribution in [0.2, 0.25) is 0 Å². The van der Waals surface area contributed by atoms with Crippen LogP contribution in [0.5, 0.6) is 0 Å². The Morgan fingerprint density at radius 1 is 1.23 bits per heavy atom. The van der Waals surface area contributed by atoms with E-state index < -0.39 is 12.2 Å². The van der Waals surface area contributed by atoms with Crippen LogP contribution < -0.4 is 0 Å². The molecule has 1 aromatic carbocycles. The molecular formula is C19H22O3. The summed E-state index contributed by atoms with van der Waals surface area (Å²) in [5, 5.41) is 20.1. The molecule has 0 spiro atoms. The van der Waals surface area contributed by atoms with E-state index >= 15 is 0 Å². The largest absolute Gasteiger partial charge is 0.392 e.